The SMILES string of the molecule is CCCCCCCCCCCCC(=O)OC[C@H](COP(=O)(O)OC[C@H](O)COP(=O)(O)OC[C@@H](COC(=O)CCCCCCCCCCC(C)CC)OC(=O)CCCCCCCCCCCCCCCCCCC(C)C)OC(=O)CCCCCCCCC(C)CC. The van der Waals surface area contributed by atoms with E-state index in [0.29, 0.717) is 25.7 Å². The van der Waals surface area contributed by atoms with E-state index in [9.17, 15) is 43.2 Å². The molecule has 0 aliphatic carbocycles. The van der Waals surface area contributed by atoms with Gasteiger partial charge in [-0.05, 0) is 43.4 Å². The van der Waals surface area contributed by atoms with Crippen LogP contribution in [0.15, 0.2) is 0 Å². The van der Waals surface area contributed by atoms with Crippen molar-refractivity contribution in [3.8, 4) is 0 Å². The molecule has 3 N–H and O–H groups in total. The molecule has 0 aromatic carbocycles. The molecule has 0 amide bonds. The van der Waals surface area contributed by atoms with Gasteiger partial charge < -0.3 is 33.8 Å². The van der Waals surface area contributed by atoms with Gasteiger partial charge in [0.2, 0.25) is 0 Å². The fourth-order valence-corrected chi connectivity index (χ4v) is 12.4. The zero-order valence-corrected chi connectivity index (χ0v) is 61.1. The van der Waals surface area contributed by atoms with E-state index >= 15 is 0 Å². The lowest BCUT2D eigenvalue weighted by atomic mass is 9.99. The van der Waals surface area contributed by atoms with Gasteiger partial charge in [-0.3, -0.25) is 37.3 Å². The molecule has 0 aliphatic rings. The average Bonchev–Trinajstić information content (AvgIpc) is 3.17. The highest BCUT2D eigenvalue weighted by Gasteiger charge is 2.30. The minimum atomic E-state index is -4.95. The van der Waals surface area contributed by atoms with E-state index < -0.39 is 97.5 Å². The van der Waals surface area contributed by atoms with E-state index in [-0.39, 0.29) is 25.7 Å². The molecule has 91 heavy (non-hydrogen) atoms. The third-order valence-electron chi connectivity index (χ3n) is 17.4. The fraction of sp³-hybridized carbons (Fsp3) is 0.944. The lowest BCUT2D eigenvalue weighted by molar-refractivity contribution is -0.161. The Morgan fingerprint density at radius 3 is 0.835 bits per heavy atom. The summed E-state index contributed by atoms with van der Waals surface area (Å²) in [6, 6.07) is 0. The number of ether oxygens (including phenoxy) is 4. The summed E-state index contributed by atoms with van der Waals surface area (Å²) in [5, 5.41) is 10.6. The zero-order chi connectivity index (χ0) is 67.3. The largest absolute Gasteiger partial charge is 0.472 e. The van der Waals surface area contributed by atoms with Crippen LogP contribution in [0.5, 0.6) is 0 Å². The predicted octanol–water partition coefficient (Wildman–Crippen LogP) is 20.6. The van der Waals surface area contributed by atoms with Crippen LogP contribution in [0.25, 0.3) is 0 Å². The van der Waals surface area contributed by atoms with Crippen molar-refractivity contribution in [2.45, 2.75) is 381 Å². The van der Waals surface area contributed by atoms with Crippen molar-refractivity contribution in [1.29, 1.82) is 0 Å². The van der Waals surface area contributed by atoms with Crippen molar-refractivity contribution >= 4 is 39.5 Å². The average molecular weight is 1340 g/mol. The van der Waals surface area contributed by atoms with Gasteiger partial charge in [0.15, 0.2) is 12.2 Å². The molecule has 540 valence electrons. The molecule has 0 aromatic heterocycles. The number of aliphatic hydroxyl groups is 1. The molecular weight excluding hydrogens is 1200 g/mol. The minimum Gasteiger partial charge on any atom is -0.462 e. The lowest BCUT2D eigenvalue weighted by Crippen LogP contribution is -2.30. The highest BCUT2D eigenvalue weighted by molar-refractivity contribution is 7.47. The molecule has 19 heteroatoms. The molecule has 0 saturated heterocycles. The summed E-state index contributed by atoms with van der Waals surface area (Å²) in [6.07, 6.45) is 47.2. The van der Waals surface area contributed by atoms with E-state index in [4.69, 9.17) is 37.0 Å². The number of phosphoric ester groups is 2. The smallest absolute Gasteiger partial charge is 0.462 e. The Morgan fingerprint density at radius 2 is 0.560 bits per heavy atom. The van der Waals surface area contributed by atoms with Gasteiger partial charge >= 0.3 is 39.5 Å². The van der Waals surface area contributed by atoms with Gasteiger partial charge in [0, 0.05) is 25.7 Å². The summed E-state index contributed by atoms with van der Waals surface area (Å²) in [5.74, 6) is 0.180. The van der Waals surface area contributed by atoms with Crippen molar-refractivity contribution < 1.29 is 80.2 Å². The zero-order valence-electron chi connectivity index (χ0n) is 59.3. The predicted molar refractivity (Wildman–Crippen MR) is 368 cm³/mol. The summed E-state index contributed by atoms with van der Waals surface area (Å²) >= 11 is 0. The molecule has 0 saturated carbocycles. The maximum absolute atomic E-state index is 13.0. The van der Waals surface area contributed by atoms with Gasteiger partial charge in [0.25, 0.3) is 0 Å². The van der Waals surface area contributed by atoms with Crippen LogP contribution in [0, 0.1) is 17.8 Å². The Labute approximate surface area is 556 Å². The Kier molecular flexibility index (Phi) is 61.5. The summed E-state index contributed by atoms with van der Waals surface area (Å²) in [6.45, 7) is 11.8. The molecule has 0 rings (SSSR count). The number of carbonyl (C=O) groups is 4. The van der Waals surface area contributed by atoms with Gasteiger partial charge in [-0.2, -0.15) is 0 Å². The van der Waals surface area contributed by atoms with E-state index in [2.05, 4.69) is 48.5 Å². The Bertz CT molecular complexity index is 1790. The molecule has 0 bridgehead atoms. The molecule has 0 heterocycles. The first-order valence-corrected chi connectivity index (χ1v) is 40.4. The van der Waals surface area contributed by atoms with E-state index in [1.54, 1.807) is 0 Å². The number of hydrogen-bond donors (Lipinski definition) is 3. The van der Waals surface area contributed by atoms with E-state index in [1.165, 1.54) is 173 Å². The molecule has 0 radical (unpaired) electrons. The number of esters is 4. The fourth-order valence-electron chi connectivity index (χ4n) is 10.8. The van der Waals surface area contributed by atoms with Gasteiger partial charge in [-0.1, -0.05) is 312 Å². The normalized spacial score (nSPS) is 14.8. The van der Waals surface area contributed by atoms with Crippen LogP contribution in [-0.4, -0.2) is 96.7 Å². The molecule has 4 unspecified atom stereocenters. The van der Waals surface area contributed by atoms with Crippen LogP contribution < -0.4 is 0 Å². The Morgan fingerprint density at radius 1 is 0.319 bits per heavy atom. The Balaban J connectivity index is 5.22. The number of aliphatic hydroxyl groups excluding tert-OH is 1. The van der Waals surface area contributed by atoms with Crippen LogP contribution in [0.1, 0.15) is 363 Å². The summed E-state index contributed by atoms with van der Waals surface area (Å²) in [5.41, 5.74) is 0. The molecule has 0 spiro atoms. The standard InChI is InChI=1S/C72H140O17P2/c1-8-11-12-13-14-15-25-31-39-46-53-69(74)82-60-68(89-72(77)56-49-42-35-34-38-45-52-65(7)10-3)62-87-91(80,81)85-58-66(73)57-84-90(78,79)86-61-67(59-83-70(75)54-47-40-32-28-27-30-37-44-51-64(6)9-2)88-71(76)55-48-41-33-26-23-21-19-17-16-18-20-22-24-29-36-43-50-63(4)5/h63-68,73H,8-62H2,1-7H3,(H,78,79)(H,80,81)/t64?,65?,66-,67-,68-/m1/s1. The van der Waals surface area contributed by atoms with Gasteiger partial charge in [0.05, 0.1) is 26.4 Å². The monoisotopic (exact) mass is 1340 g/mol. The lowest BCUT2D eigenvalue weighted by Gasteiger charge is -2.21. The van der Waals surface area contributed by atoms with Crippen LogP contribution in [-0.2, 0) is 65.4 Å². The van der Waals surface area contributed by atoms with Crippen molar-refractivity contribution in [2.24, 2.45) is 17.8 Å². The molecule has 7 atom stereocenters. The van der Waals surface area contributed by atoms with Gasteiger partial charge in [-0.15, -0.1) is 0 Å². The van der Waals surface area contributed by atoms with Crippen LogP contribution in [0.4, 0.5) is 0 Å². The third-order valence-corrected chi connectivity index (χ3v) is 19.3. The quantitative estimate of drug-likeness (QED) is 0.0222. The number of unbranched alkanes of at least 4 members (excludes halogenated alkanes) is 36. The number of carbonyl (C=O) groups excluding carboxylic acids is 4. The van der Waals surface area contributed by atoms with Crippen molar-refractivity contribution in [3.63, 3.8) is 0 Å². The van der Waals surface area contributed by atoms with Crippen LogP contribution in [0.3, 0.4) is 0 Å². The molecular formula is C72H140O17P2. The van der Waals surface area contributed by atoms with Gasteiger partial charge in [0.1, 0.15) is 19.3 Å². The second kappa shape index (κ2) is 62.8. The second-order valence-electron chi connectivity index (χ2n) is 26.9. The second-order valence-corrected chi connectivity index (χ2v) is 29.8. The van der Waals surface area contributed by atoms with Gasteiger partial charge in [-0.25, -0.2) is 9.13 Å². The molecule has 17 nitrogen and oxygen atoms in total. The van der Waals surface area contributed by atoms with Crippen molar-refractivity contribution in [2.75, 3.05) is 39.6 Å². The van der Waals surface area contributed by atoms with Crippen molar-refractivity contribution in [3.05, 3.63) is 0 Å². The third kappa shape index (κ3) is 63.9. The van der Waals surface area contributed by atoms with Crippen LogP contribution in [0.2, 0.25) is 0 Å². The van der Waals surface area contributed by atoms with Crippen LogP contribution >= 0.6 is 15.6 Å². The number of hydrogen-bond acceptors (Lipinski definition) is 15. The summed E-state index contributed by atoms with van der Waals surface area (Å²) in [7, 11) is -9.90. The van der Waals surface area contributed by atoms with E-state index in [0.717, 1.165) is 108 Å². The van der Waals surface area contributed by atoms with Crippen molar-refractivity contribution in [1.82, 2.24) is 0 Å². The summed E-state index contributed by atoms with van der Waals surface area (Å²) < 4.78 is 68.3. The number of phosphoric acid groups is 2. The summed E-state index contributed by atoms with van der Waals surface area (Å²) in [4.78, 5) is 72.6. The maximum atomic E-state index is 13.0. The maximum Gasteiger partial charge on any atom is 0.472 e. The topological polar surface area (TPSA) is 237 Å². The minimum absolute atomic E-state index is 0.103. The first-order chi connectivity index (χ1) is 43.8. The molecule has 0 fully saturated rings. The highest BCUT2D eigenvalue weighted by atomic mass is 31.2. The van der Waals surface area contributed by atoms with E-state index in [1.807, 2.05) is 0 Å². The first kappa shape index (κ1) is 89.1. The Hall–Kier alpha value is -1.94. The number of rotatable bonds is 70. The first-order valence-electron chi connectivity index (χ1n) is 37.4. The molecule has 0 aromatic rings. The molecule has 0 aliphatic heterocycles. The highest BCUT2D eigenvalue weighted by Crippen LogP contribution is 2.45.